The van der Waals surface area contributed by atoms with Crippen LogP contribution in [-0.2, 0) is 11.2 Å². The molecule has 1 atom stereocenters. The molecule has 0 saturated heterocycles. The molecule has 0 aliphatic heterocycles. The predicted molar refractivity (Wildman–Crippen MR) is 48.6 cm³/mol. The second-order valence-corrected chi connectivity index (χ2v) is 2.64. The van der Waals surface area contributed by atoms with Crippen molar-refractivity contribution in [2.45, 2.75) is 12.5 Å². The molecule has 0 aliphatic rings. The Balaban J connectivity index is 2.41. The van der Waals surface area contributed by atoms with E-state index in [1.807, 2.05) is 0 Å². The third-order valence-electron chi connectivity index (χ3n) is 1.60. The van der Waals surface area contributed by atoms with Gasteiger partial charge in [0, 0.05) is 25.4 Å². The Hall–Kier alpha value is -1.36. The molecule has 1 unspecified atom stereocenters. The fourth-order valence-electron chi connectivity index (χ4n) is 0.965. The Kier molecular flexibility index (Phi) is 3.45. The molecule has 0 bridgehead atoms. The molecule has 1 heterocycles. The minimum Gasteiger partial charge on any atom is -0.355 e. The zero-order chi connectivity index (χ0) is 9.68. The van der Waals surface area contributed by atoms with Gasteiger partial charge in [0.2, 0.25) is 5.91 Å². The lowest BCUT2D eigenvalue weighted by atomic mass is 10.2. The van der Waals surface area contributed by atoms with Gasteiger partial charge in [0.05, 0.1) is 6.04 Å². The molecule has 0 aliphatic carbocycles. The van der Waals surface area contributed by atoms with Gasteiger partial charge < -0.3 is 16.0 Å². The van der Waals surface area contributed by atoms with Crippen molar-refractivity contribution in [3.8, 4) is 0 Å². The maximum atomic E-state index is 11.2. The molecule has 0 fully saturated rings. The van der Waals surface area contributed by atoms with Gasteiger partial charge in [-0.05, 0) is 6.92 Å². The second kappa shape index (κ2) is 4.61. The van der Waals surface area contributed by atoms with Crippen LogP contribution in [0.3, 0.4) is 0 Å². The summed E-state index contributed by atoms with van der Waals surface area (Å²) in [7, 11) is 0. The fourth-order valence-corrected chi connectivity index (χ4v) is 0.965. The Morgan fingerprint density at radius 3 is 3.15 bits per heavy atom. The SMILES string of the molecule is [CH2]CNC(=O)C(N)Cc1ncc[nH]1. The highest BCUT2D eigenvalue weighted by Crippen LogP contribution is 1.93. The van der Waals surface area contributed by atoms with E-state index in [1.165, 1.54) is 0 Å². The summed E-state index contributed by atoms with van der Waals surface area (Å²) in [6.45, 7) is 3.85. The summed E-state index contributed by atoms with van der Waals surface area (Å²) in [6, 6.07) is -0.562. The van der Waals surface area contributed by atoms with Gasteiger partial charge in [-0.1, -0.05) is 0 Å². The molecule has 0 spiro atoms. The lowest BCUT2D eigenvalue weighted by molar-refractivity contribution is -0.122. The molecule has 13 heavy (non-hydrogen) atoms. The number of hydrogen-bond acceptors (Lipinski definition) is 3. The summed E-state index contributed by atoms with van der Waals surface area (Å²) in [4.78, 5) is 18.0. The van der Waals surface area contributed by atoms with E-state index in [9.17, 15) is 4.79 Å². The fraction of sp³-hybridized carbons (Fsp3) is 0.375. The van der Waals surface area contributed by atoms with Gasteiger partial charge >= 0.3 is 0 Å². The number of nitrogens with two attached hydrogens (primary N) is 1. The zero-order valence-electron chi connectivity index (χ0n) is 7.29. The number of nitrogens with one attached hydrogen (secondary N) is 2. The molecule has 1 aromatic heterocycles. The van der Waals surface area contributed by atoms with E-state index in [-0.39, 0.29) is 5.91 Å². The van der Waals surface area contributed by atoms with Crippen LogP contribution in [-0.4, -0.2) is 28.5 Å². The van der Waals surface area contributed by atoms with Gasteiger partial charge in [-0.3, -0.25) is 4.79 Å². The number of imidazole rings is 1. The van der Waals surface area contributed by atoms with Crippen LogP contribution in [0.5, 0.6) is 0 Å². The first-order valence-corrected chi connectivity index (χ1v) is 4.05. The van der Waals surface area contributed by atoms with Crippen LogP contribution in [0.4, 0.5) is 0 Å². The number of aromatic amines is 1. The summed E-state index contributed by atoms with van der Waals surface area (Å²) >= 11 is 0. The van der Waals surface area contributed by atoms with Crippen LogP contribution >= 0.6 is 0 Å². The molecule has 1 amide bonds. The summed E-state index contributed by atoms with van der Waals surface area (Å²) in [5.74, 6) is 0.512. The molecule has 5 heteroatoms. The highest BCUT2D eigenvalue weighted by molar-refractivity contribution is 5.81. The van der Waals surface area contributed by atoms with Crippen LogP contribution in [0.25, 0.3) is 0 Å². The van der Waals surface area contributed by atoms with Crippen molar-refractivity contribution in [1.82, 2.24) is 15.3 Å². The standard InChI is InChI=1S/C8H13N4O/c1-2-10-8(13)6(9)5-7-11-3-4-12-7/h3-4,6H,1-2,5,9H2,(H,10,13)(H,11,12). The lowest BCUT2D eigenvalue weighted by Crippen LogP contribution is -2.42. The summed E-state index contributed by atoms with van der Waals surface area (Å²) in [5.41, 5.74) is 5.59. The number of hydrogen-bond donors (Lipinski definition) is 3. The topological polar surface area (TPSA) is 83.8 Å². The van der Waals surface area contributed by atoms with E-state index in [2.05, 4.69) is 22.2 Å². The van der Waals surface area contributed by atoms with E-state index < -0.39 is 6.04 Å². The summed E-state index contributed by atoms with van der Waals surface area (Å²) < 4.78 is 0. The van der Waals surface area contributed by atoms with Crippen LogP contribution in [0.15, 0.2) is 12.4 Å². The minimum atomic E-state index is -0.562. The van der Waals surface area contributed by atoms with E-state index in [1.54, 1.807) is 12.4 Å². The van der Waals surface area contributed by atoms with Crippen molar-refractivity contribution in [3.05, 3.63) is 25.1 Å². The Labute approximate surface area is 76.7 Å². The summed E-state index contributed by atoms with van der Waals surface area (Å²) in [5, 5.41) is 2.54. The third-order valence-corrected chi connectivity index (χ3v) is 1.60. The second-order valence-electron chi connectivity index (χ2n) is 2.64. The first-order valence-electron chi connectivity index (χ1n) is 4.05. The van der Waals surface area contributed by atoms with Gasteiger partial charge in [-0.25, -0.2) is 4.98 Å². The van der Waals surface area contributed by atoms with Crippen LogP contribution in [0.1, 0.15) is 5.82 Å². The average Bonchev–Trinajstić information content (AvgIpc) is 2.57. The van der Waals surface area contributed by atoms with Crippen molar-refractivity contribution < 1.29 is 4.79 Å². The number of aromatic nitrogens is 2. The number of carbonyl (C=O) groups excluding carboxylic acids is 1. The molecular formula is C8H13N4O. The van der Waals surface area contributed by atoms with Gasteiger partial charge in [0.25, 0.3) is 0 Å². The van der Waals surface area contributed by atoms with E-state index in [0.717, 1.165) is 0 Å². The lowest BCUT2D eigenvalue weighted by Gasteiger charge is -2.08. The van der Waals surface area contributed by atoms with E-state index in [0.29, 0.717) is 18.8 Å². The number of amides is 1. The first-order chi connectivity index (χ1) is 6.24. The molecule has 0 saturated carbocycles. The Morgan fingerprint density at radius 2 is 2.62 bits per heavy atom. The van der Waals surface area contributed by atoms with Crippen molar-refractivity contribution in [3.63, 3.8) is 0 Å². The highest BCUT2D eigenvalue weighted by atomic mass is 16.2. The van der Waals surface area contributed by atoms with Crippen LogP contribution < -0.4 is 11.1 Å². The van der Waals surface area contributed by atoms with Crippen LogP contribution in [0, 0.1) is 6.92 Å². The Bertz CT molecular complexity index is 257. The monoisotopic (exact) mass is 181 g/mol. The number of carbonyl (C=O) groups is 1. The molecule has 4 N–H and O–H groups in total. The number of nitrogens with zero attached hydrogens (tertiary/aromatic N) is 1. The third kappa shape index (κ3) is 2.87. The van der Waals surface area contributed by atoms with Gasteiger partial charge in [-0.2, -0.15) is 0 Å². The van der Waals surface area contributed by atoms with E-state index in [4.69, 9.17) is 5.73 Å². The normalized spacial score (nSPS) is 12.5. The summed E-state index contributed by atoms with van der Waals surface area (Å²) in [6.07, 6.45) is 3.74. The van der Waals surface area contributed by atoms with Crippen LogP contribution in [0.2, 0.25) is 0 Å². The van der Waals surface area contributed by atoms with Crippen molar-refractivity contribution in [2.24, 2.45) is 5.73 Å². The predicted octanol–water partition coefficient (Wildman–Crippen LogP) is -0.770. The molecule has 71 valence electrons. The highest BCUT2D eigenvalue weighted by Gasteiger charge is 2.13. The maximum absolute atomic E-state index is 11.2. The quantitative estimate of drug-likeness (QED) is 0.570. The maximum Gasteiger partial charge on any atom is 0.237 e. The average molecular weight is 181 g/mol. The molecule has 5 nitrogen and oxygen atoms in total. The molecule has 0 aromatic carbocycles. The molecule has 1 aromatic rings. The Morgan fingerprint density at radius 1 is 1.85 bits per heavy atom. The van der Waals surface area contributed by atoms with Crippen molar-refractivity contribution >= 4 is 5.91 Å². The zero-order valence-corrected chi connectivity index (χ0v) is 7.29. The van der Waals surface area contributed by atoms with Crippen molar-refractivity contribution in [2.75, 3.05) is 6.54 Å². The largest absolute Gasteiger partial charge is 0.355 e. The molecule has 1 rings (SSSR count). The van der Waals surface area contributed by atoms with Gasteiger partial charge in [0.15, 0.2) is 0 Å². The van der Waals surface area contributed by atoms with Gasteiger partial charge in [-0.15, -0.1) is 0 Å². The number of H-pyrrole nitrogens is 1. The smallest absolute Gasteiger partial charge is 0.237 e. The van der Waals surface area contributed by atoms with E-state index >= 15 is 0 Å². The number of rotatable bonds is 4. The van der Waals surface area contributed by atoms with Crippen molar-refractivity contribution in [1.29, 1.82) is 0 Å². The molecular weight excluding hydrogens is 168 g/mol. The first kappa shape index (κ1) is 9.73. The van der Waals surface area contributed by atoms with Gasteiger partial charge in [0.1, 0.15) is 5.82 Å². The molecule has 1 radical (unpaired) electrons. The minimum absolute atomic E-state index is 0.202.